The van der Waals surface area contributed by atoms with Gasteiger partial charge < -0.3 is 19.2 Å². The maximum Gasteiger partial charge on any atom is 0.217 e. The van der Waals surface area contributed by atoms with E-state index in [-0.39, 0.29) is 18.1 Å². The van der Waals surface area contributed by atoms with Crippen LogP contribution in [-0.4, -0.2) is 29.3 Å². The molecule has 2 aliphatic rings. The van der Waals surface area contributed by atoms with E-state index in [1.165, 1.54) is 0 Å². The summed E-state index contributed by atoms with van der Waals surface area (Å²) < 4.78 is 16.9. The topological polar surface area (TPSA) is 55.8 Å². The number of nitrogens with one attached hydrogen (secondary N) is 1. The van der Waals surface area contributed by atoms with Crippen molar-refractivity contribution in [1.29, 1.82) is 0 Å². The number of nitrogens with zero attached hydrogens (tertiary/aromatic N) is 1. The zero-order chi connectivity index (χ0) is 15.5. The predicted molar refractivity (Wildman–Crippen MR) is 84.0 cm³/mol. The highest BCUT2D eigenvalue weighted by Gasteiger charge is 2.31. The van der Waals surface area contributed by atoms with E-state index in [4.69, 9.17) is 14.2 Å². The molecule has 2 aromatic rings. The Balaban J connectivity index is 1.73. The zero-order valence-corrected chi connectivity index (χ0v) is 13.3. The second kappa shape index (κ2) is 4.57. The van der Waals surface area contributed by atoms with Gasteiger partial charge in [-0.05, 0) is 51.5 Å². The van der Waals surface area contributed by atoms with E-state index in [0.717, 1.165) is 33.6 Å². The number of hydrogen-bond donors (Lipinski definition) is 1. The third-order valence-corrected chi connectivity index (χ3v) is 4.07. The van der Waals surface area contributed by atoms with Crippen molar-refractivity contribution >= 4 is 16.8 Å². The molecule has 1 N–H and O–H groups in total. The molecule has 5 nitrogen and oxygen atoms in total. The molecular weight excluding hydrogens is 280 g/mol. The van der Waals surface area contributed by atoms with Crippen LogP contribution in [0, 0.1) is 6.92 Å². The Morgan fingerprint density at radius 2 is 2.00 bits per heavy atom. The van der Waals surface area contributed by atoms with Gasteiger partial charge >= 0.3 is 0 Å². The Hall–Kier alpha value is -1.85. The normalized spacial score (nSPS) is 26.6. The molecule has 0 unspecified atom stereocenters. The van der Waals surface area contributed by atoms with Gasteiger partial charge in [-0.1, -0.05) is 0 Å². The Morgan fingerprint density at radius 3 is 2.64 bits per heavy atom. The summed E-state index contributed by atoms with van der Waals surface area (Å²) in [6.45, 7) is 8.74. The van der Waals surface area contributed by atoms with Gasteiger partial charge in [-0.2, -0.15) is 0 Å². The molecule has 1 aromatic heterocycles. The highest BCUT2D eigenvalue weighted by atomic mass is 16.9. The zero-order valence-electron chi connectivity index (χ0n) is 13.3. The summed E-state index contributed by atoms with van der Waals surface area (Å²) >= 11 is 0. The average molecular weight is 300 g/mol. The molecule has 22 heavy (non-hydrogen) atoms. The fourth-order valence-corrected chi connectivity index (χ4v) is 2.90. The molecule has 3 heterocycles. The Kier molecular flexibility index (Phi) is 2.86. The van der Waals surface area contributed by atoms with E-state index in [9.17, 15) is 0 Å². The summed E-state index contributed by atoms with van der Waals surface area (Å²) in [6, 6.07) is 6.31. The van der Waals surface area contributed by atoms with Gasteiger partial charge in [0.1, 0.15) is 6.61 Å². The maximum absolute atomic E-state index is 5.77. The van der Waals surface area contributed by atoms with Crippen LogP contribution in [0.1, 0.15) is 43.9 Å². The lowest BCUT2D eigenvalue weighted by molar-refractivity contribution is -0.383. The van der Waals surface area contributed by atoms with Gasteiger partial charge in [-0.15, -0.1) is 0 Å². The number of hydrogen-bond acceptors (Lipinski definition) is 4. The van der Waals surface area contributed by atoms with E-state index in [0.29, 0.717) is 6.61 Å². The molecule has 0 saturated carbocycles. The number of benzene rings is 1. The molecule has 0 bridgehead atoms. The van der Waals surface area contributed by atoms with Crippen molar-refractivity contribution in [3.63, 3.8) is 0 Å². The van der Waals surface area contributed by atoms with Crippen LogP contribution in [0.25, 0.3) is 10.9 Å². The number of aromatic nitrogens is 1. The highest BCUT2D eigenvalue weighted by molar-refractivity contribution is 6.00. The van der Waals surface area contributed by atoms with Gasteiger partial charge in [0.25, 0.3) is 0 Å². The molecule has 0 aliphatic carbocycles. The first-order valence-electron chi connectivity index (χ1n) is 7.58. The van der Waals surface area contributed by atoms with Crippen LogP contribution in [0.2, 0.25) is 0 Å². The van der Waals surface area contributed by atoms with Crippen molar-refractivity contribution < 1.29 is 14.2 Å². The van der Waals surface area contributed by atoms with Crippen LogP contribution < -0.4 is 0 Å². The van der Waals surface area contributed by atoms with Gasteiger partial charge in [-0.3, -0.25) is 0 Å². The molecule has 0 amide bonds. The minimum atomic E-state index is -0.287. The quantitative estimate of drug-likeness (QED) is 0.924. The Morgan fingerprint density at radius 1 is 1.23 bits per heavy atom. The van der Waals surface area contributed by atoms with Crippen molar-refractivity contribution in [3.05, 3.63) is 35.0 Å². The summed E-state index contributed by atoms with van der Waals surface area (Å²) in [5, 5.41) is 1.14. The van der Waals surface area contributed by atoms with Gasteiger partial charge in [-0.25, -0.2) is 4.99 Å². The van der Waals surface area contributed by atoms with Crippen LogP contribution in [0.4, 0.5) is 0 Å². The molecule has 0 spiro atoms. The van der Waals surface area contributed by atoms with Crippen LogP contribution >= 0.6 is 0 Å². The molecule has 1 fully saturated rings. The second-order valence-corrected chi connectivity index (χ2v) is 6.67. The lowest BCUT2D eigenvalue weighted by Crippen LogP contribution is -2.31. The van der Waals surface area contributed by atoms with E-state index in [2.05, 4.69) is 48.9 Å². The van der Waals surface area contributed by atoms with Crippen molar-refractivity contribution in [1.82, 2.24) is 4.98 Å². The van der Waals surface area contributed by atoms with Crippen molar-refractivity contribution in [2.24, 2.45) is 4.99 Å². The van der Waals surface area contributed by atoms with E-state index >= 15 is 0 Å². The molecule has 1 saturated heterocycles. The number of rotatable bonds is 2. The number of aryl methyl sites for hydroxylation is 1. The minimum absolute atomic E-state index is 0.128. The summed E-state index contributed by atoms with van der Waals surface area (Å²) in [5.41, 5.74) is 4.02. The fraction of sp³-hybridized carbons (Fsp3) is 0.471. The van der Waals surface area contributed by atoms with Crippen molar-refractivity contribution in [3.8, 4) is 0 Å². The number of aliphatic imine (C=N–C) groups is 1. The molecule has 5 heteroatoms. The van der Waals surface area contributed by atoms with Gasteiger partial charge in [0.05, 0.1) is 11.2 Å². The minimum Gasteiger partial charge on any atom is -0.475 e. The third kappa shape index (κ3) is 2.21. The van der Waals surface area contributed by atoms with Crippen LogP contribution in [0.15, 0.2) is 23.2 Å². The number of H-pyrrole nitrogens is 1. The second-order valence-electron chi connectivity index (χ2n) is 6.67. The number of fused-ring (bicyclic) bond motifs is 1. The van der Waals surface area contributed by atoms with Gasteiger partial charge in [0, 0.05) is 16.5 Å². The van der Waals surface area contributed by atoms with E-state index in [1.807, 2.05) is 6.92 Å². The third-order valence-electron chi connectivity index (χ3n) is 4.07. The molecule has 2 aliphatic heterocycles. The fourth-order valence-electron chi connectivity index (χ4n) is 2.90. The van der Waals surface area contributed by atoms with Crippen molar-refractivity contribution in [2.75, 3.05) is 6.61 Å². The lowest BCUT2D eigenvalue weighted by atomic mass is 10.1. The number of ether oxygens (including phenoxy) is 3. The van der Waals surface area contributed by atoms with Crippen molar-refractivity contribution in [2.45, 2.75) is 45.8 Å². The van der Waals surface area contributed by atoms with E-state index in [1.54, 1.807) is 0 Å². The molecule has 0 radical (unpaired) electrons. The Bertz CT molecular complexity index is 770. The number of aromatic amines is 1. The molecule has 0 atom stereocenters. The Labute approximate surface area is 129 Å². The lowest BCUT2D eigenvalue weighted by Gasteiger charge is -2.32. The summed E-state index contributed by atoms with van der Waals surface area (Å²) in [4.78, 5) is 8.04. The SMILES string of the molecule is Cc1cc2cc(C3OC(C)O3)[nH]c2cc1C1=NC(C)(C)CO1. The van der Waals surface area contributed by atoms with Crippen LogP contribution in [0.5, 0.6) is 0 Å². The van der Waals surface area contributed by atoms with Gasteiger partial charge in [0.2, 0.25) is 12.2 Å². The maximum atomic E-state index is 5.77. The summed E-state index contributed by atoms with van der Waals surface area (Å²) in [7, 11) is 0. The van der Waals surface area contributed by atoms with Crippen LogP contribution in [0.3, 0.4) is 0 Å². The molecular formula is C17H20N2O3. The largest absolute Gasteiger partial charge is 0.475 e. The predicted octanol–water partition coefficient (Wildman–Crippen LogP) is 3.42. The molecule has 1 aromatic carbocycles. The summed E-state index contributed by atoms with van der Waals surface area (Å²) in [6.07, 6.45) is -0.414. The molecule has 4 rings (SSSR count). The summed E-state index contributed by atoms with van der Waals surface area (Å²) in [5.74, 6) is 0.727. The first-order chi connectivity index (χ1) is 10.4. The molecule has 116 valence electrons. The standard InChI is InChI=1S/C17H20N2O3/c1-9-5-11-6-14(16-21-10(2)22-16)18-13(11)7-12(9)15-19-17(3,4)8-20-15/h5-7,10,16,18H,8H2,1-4H3. The van der Waals surface area contributed by atoms with E-state index < -0.39 is 0 Å². The van der Waals surface area contributed by atoms with Gasteiger partial charge in [0.15, 0.2) is 6.29 Å². The highest BCUT2D eigenvalue weighted by Crippen LogP contribution is 2.33. The first kappa shape index (κ1) is 13.8. The monoisotopic (exact) mass is 300 g/mol. The smallest absolute Gasteiger partial charge is 0.217 e. The first-order valence-corrected chi connectivity index (χ1v) is 7.58. The van der Waals surface area contributed by atoms with Crippen LogP contribution in [-0.2, 0) is 14.2 Å². The average Bonchev–Trinajstić information content (AvgIpc) is 2.96.